The lowest BCUT2D eigenvalue weighted by atomic mass is 9.92. The molecule has 0 saturated carbocycles. The predicted octanol–water partition coefficient (Wildman–Crippen LogP) is 4.14. The van der Waals surface area contributed by atoms with Crippen LogP contribution in [0.4, 0.5) is 14.3 Å². The number of rotatable bonds is 8. The molecule has 1 aliphatic rings. The van der Waals surface area contributed by atoms with Crippen LogP contribution in [0.15, 0.2) is 53.9 Å². The van der Waals surface area contributed by atoms with Crippen molar-refractivity contribution in [3.8, 4) is 17.0 Å². The van der Waals surface area contributed by atoms with Crippen LogP contribution in [0.3, 0.4) is 0 Å². The third-order valence-electron chi connectivity index (χ3n) is 5.37. The molecule has 3 aromatic rings. The van der Waals surface area contributed by atoms with E-state index in [1.54, 1.807) is 5.38 Å². The minimum Gasteiger partial charge on any atom is -0.494 e. The van der Waals surface area contributed by atoms with Gasteiger partial charge in [-0.25, -0.2) is 14.2 Å². The Labute approximate surface area is 199 Å². The van der Waals surface area contributed by atoms with Crippen molar-refractivity contribution in [2.75, 3.05) is 18.5 Å². The molecule has 0 radical (unpaired) electrons. The van der Waals surface area contributed by atoms with Crippen molar-refractivity contribution in [3.05, 3.63) is 65.3 Å². The zero-order valence-electron chi connectivity index (χ0n) is 18.6. The van der Waals surface area contributed by atoms with E-state index in [4.69, 9.17) is 4.74 Å². The molecule has 1 aliphatic heterocycles. The van der Waals surface area contributed by atoms with E-state index in [0.717, 1.165) is 22.6 Å². The lowest BCUT2D eigenvalue weighted by Crippen LogP contribution is -2.42. The first-order valence-electron chi connectivity index (χ1n) is 10.7. The maximum atomic E-state index is 13.3. The van der Waals surface area contributed by atoms with Gasteiger partial charge in [0.15, 0.2) is 5.13 Å². The first-order chi connectivity index (χ1) is 16.3. The molecule has 176 valence electrons. The van der Waals surface area contributed by atoms with Gasteiger partial charge in [0.2, 0.25) is 5.91 Å². The number of ether oxygens (including phenoxy) is 1. The zero-order chi connectivity index (χ0) is 24.3. The van der Waals surface area contributed by atoms with Crippen molar-refractivity contribution in [2.24, 2.45) is 0 Å². The Hall–Kier alpha value is -3.79. The average molecular weight is 483 g/mol. The lowest BCUT2D eigenvalue weighted by Gasteiger charge is -2.22. The van der Waals surface area contributed by atoms with Gasteiger partial charge in [0.05, 0.1) is 12.3 Å². The van der Waals surface area contributed by atoms with Gasteiger partial charge in [0.1, 0.15) is 23.7 Å². The second-order valence-corrected chi connectivity index (χ2v) is 8.77. The maximum absolute atomic E-state index is 13.3. The Bertz CT molecular complexity index is 1210. The molecule has 2 N–H and O–H groups in total. The molecule has 1 fully saturated rings. The van der Waals surface area contributed by atoms with Crippen molar-refractivity contribution >= 4 is 34.3 Å². The largest absolute Gasteiger partial charge is 0.494 e. The Morgan fingerprint density at radius 1 is 1.18 bits per heavy atom. The van der Waals surface area contributed by atoms with Gasteiger partial charge < -0.3 is 15.4 Å². The molecule has 10 heteroatoms. The monoisotopic (exact) mass is 482 g/mol. The van der Waals surface area contributed by atoms with E-state index in [9.17, 15) is 18.8 Å². The number of carbonyl (C=O) groups is 3. The summed E-state index contributed by atoms with van der Waals surface area (Å²) in [4.78, 5) is 43.2. The fraction of sp³-hybridized carbons (Fsp3) is 0.250. The van der Waals surface area contributed by atoms with Crippen LogP contribution >= 0.6 is 11.3 Å². The van der Waals surface area contributed by atoms with E-state index < -0.39 is 35.7 Å². The molecule has 34 heavy (non-hydrogen) atoms. The highest BCUT2D eigenvalue weighted by Crippen LogP contribution is 2.30. The molecule has 8 nitrogen and oxygen atoms in total. The Morgan fingerprint density at radius 2 is 1.88 bits per heavy atom. The van der Waals surface area contributed by atoms with Crippen LogP contribution in [0.25, 0.3) is 11.3 Å². The summed E-state index contributed by atoms with van der Waals surface area (Å²) in [5.41, 5.74) is 0.587. The third-order valence-corrected chi connectivity index (χ3v) is 6.13. The van der Waals surface area contributed by atoms with E-state index in [0.29, 0.717) is 23.0 Å². The Morgan fingerprint density at radius 3 is 2.56 bits per heavy atom. The smallest absolute Gasteiger partial charge is 0.325 e. The number of carbonyl (C=O) groups excluding carboxylic acids is 3. The summed E-state index contributed by atoms with van der Waals surface area (Å²) in [6, 6.07) is 12.1. The fourth-order valence-corrected chi connectivity index (χ4v) is 4.26. The van der Waals surface area contributed by atoms with Crippen LogP contribution < -0.4 is 15.4 Å². The molecule has 2 aromatic carbocycles. The van der Waals surface area contributed by atoms with Gasteiger partial charge in [-0.2, -0.15) is 0 Å². The molecule has 1 atom stereocenters. The molecule has 1 unspecified atom stereocenters. The quantitative estimate of drug-likeness (QED) is 0.470. The van der Waals surface area contributed by atoms with Gasteiger partial charge >= 0.3 is 6.03 Å². The van der Waals surface area contributed by atoms with Crippen molar-refractivity contribution in [2.45, 2.75) is 25.8 Å². The van der Waals surface area contributed by atoms with Crippen LogP contribution in [0, 0.1) is 5.82 Å². The number of benzene rings is 2. The predicted molar refractivity (Wildman–Crippen MR) is 126 cm³/mol. The number of anilines is 1. The number of amides is 4. The number of nitrogens with zero attached hydrogens (tertiary/aromatic N) is 2. The first-order valence-corrected chi connectivity index (χ1v) is 11.6. The highest BCUT2D eigenvalue weighted by atomic mass is 32.1. The Kier molecular flexibility index (Phi) is 6.60. The van der Waals surface area contributed by atoms with E-state index >= 15 is 0 Å². The summed E-state index contributed by atoms with van der Waals surface area (Å²) in [7, 11) is 0. The molecule has 4 amide bonds. The molecule has 4 rings (SSSR count). The topological polar surface area (TPSA) is 101 Å². The molecule has 0 aliphatic carbocycles. The molecule has 2 heterocycles. The number of hydrogen-bond donors (Lipinski definition) is 2. The van der Waals surface area contributed by atoms with Crippen LogP contribution in [-0.4, -0.2) is 40.9 Å². The minimum atomic E-state index is -1.38. The first kappa shape index (κ1) is 23.4. The summed E-state index contributed by atoms with van der Waals surface area (Å²) in [5, 5.41) is 7.37. The van der Waals surface area contributed by atoms with Gasteiger partial charge in [0.25, 0.3) is 5.91 Å². The van der Waals surface area contributed by atoms with Crippen LogP contribution in [-0.2, 0) is 15.1 Å². The van der Waals surface area contributed by atoms with Gasteiger partial charge in [-0.1, -0.05) is 19.1 Å². The highest BCUT2D eigenvalue weighted by molar-refractivity contribution is 7.14. The van der Waals surface area contributed by atoms with E-state index in [2.05, 4.69) is 15.6 Å². The highest BCUT2D eigenvalue weighted by Gasteiger charge is 2.49. The molecule has 1 saturated heterocycles. The van der Waals surface area contributed by atoms with E-state index in [-0.39, 0.29) is 0 Å². The number of hydrogen-bond acceptors (Lipinski definition) is 6. The van der Waals surface area contributed by atoms with Crippen LogP contribution in [0.1, 0.15) is 25.8 Å². The van der Waals surface area contributed by atoms with Crippen LogP contribution in [0.5, 0.6) is 5.75 Å². The van der Waals surface area contributed by atoms with Crippen molar-refractivity contribution in [3.63, 3.8) is 0 Å². The van der Waals surface area contributed by atoms with Crippen molar-refractivity contribution in [1.29, 1.82) is 0 Å². The number of aromatic nitrogens is 1. The summed E-state index contributed by atoms with van der Waals surface area (Å²) in [5.74, 6) is -0.833. The molecule has 0 bridgehead atoms. The molecular weight excluding hydrogens is 459 g/mol. The van der Waals surface area contributed by atoms with Gasteiger partial charge in [-0.15, -0.1) is 11.3 Å². The normalized spacial score (nSPS) is 17.6. The number of imide groups is 1. The van der Waals surface area contributed by atoms with E-state index in [1.807, 2.05) is 31.2 Å². The fourth-order valence-electron chi connectivity index (χ4n) is 3.53. The number of halogens is 1. The standard InChI is InChI=1S/C24H23FN4O4S/c1-3-12-33-18-10-4-15(5-11-18)19-14-34-22(26-19)27-20(30)13-29-21(31)24(2,28-23(29)32)16-6-8-17(25)9-7-16/h4-11,14H,3,12-13H2,1-2H3,(H,28,32)(H,26,27,30). The molecular formula is C24H23FN4O4S. The van der Waals surface area contributed by atoms with Crippen molar-refractivity contribution in [1.82, 2.24) is 15.2 Å². The summed E-state index contributed by atoms with van der Waals surface area (Å²) in [6.45, 7) is 3.73. The summed E-state index contributed by atoms with van der Waals surface area (Å²) < 4.78 is 18.8. The lowest BCUT2D eigenvalue weighted by molar-refractivity contribution is -0.133. The maximum Gasteiger partial charge on any atom is 0.325 e. The summed E-state index contributed by atoms with van der Waals surface area (Å²) in [6.07, 6.45) is 0.924. The second kappa shape index (κ2) is 9.60. The number of urea groups is 1. The zero-order valence-corrected chi connectivity index (χ0v) is 19.4. The molecule has 1 aromatic heterocycles. The van der Waals surface area contributed by atoms with Crippen molar-refractivity contribution < 1.29 is 23.5 Å². The third kappa shape index (κ3) is 4.76. The number of nitrogens with one attached hydrogen (secondary N) is 2. The Balaban J connectivity index is 1.39. The minimum absolute atomic E-state index is 0.347. The average Bonchev–Trinajstić information content (AvgIpc) is 3.37. The SMILES string of the molecule is CCCOc1ccc(-c2csc(NC(=O)CN3C(=O)NC(C)(c4ccc(F)cc4)C3=O)n2)cc1. The van der Waals surface area contributed by atoms with Gasteiger partial charge in [-0.05, 0) is 55.3 Å². The summed E-state index contributed by atoms with van der Waals surface area (Å²) >= 11 is 1.23. The van der Waals surface area contributed by atoms with Gasteiger partial charge in [0, 0.05) is 10.9 Å². The van der Waals surface area contributed by atoms with Crippen LogP contribution in [0.2, 0.25) is 0 Å². The molecule has 0 spiro atoms. The van der Waals surface area contributed by atoms with Gasteiger partial charge in [-0.3, -0.25) is 14.5 Å². The number of thiazole rings is 1. The van der Waals surface area contributed by atoms with E-state index in [1.165, 1.54) is 42.5 Å². The second-order valence-electron chi connectivity index (χ2n) is 7.91.